The van der Waals surface area contributed by atoms with E-state index in [2.05, 4.69) is 15.8 Å². The predicted octanol–water partition coefficient (Wildman–Crippen LogP) is 1.57. The van der Waals surface area contributed by atoms with E-state index in [-0.39, 0.29) is 41.1 Å². The van der Waals surface area contributed by atoms with Crippen LogP contribution < -0.4 is 15.4 Å². The maximum Gasteiger partial charge on any atom is 0.254 e. The number of ether oxygens (including phenoxy) is 1. The molecule has 2 amide bonds. The first-order valence-electron chi connectivity index (χ1n) is 9.63. The number of nitrogens with one attached hydrogen (secondary N) is 2. The van der Waals surface area contributed by atoms with Crippen LogP contribution in [0.25, 0.3) is 0 Å². The summed E-state index contributed by atoms with van der Waals surface area (Å²) in [6, 6.07) is 1.99. The standard InChI is InChI=1S/C19H25N3O4/c1-25-16-6-12(26-22-16)5-15(23)20-13-7-14(19(13)3-2-4-19)21-17(24)18-8-11(9-18)10-18/h6,11,13-14H,2-5,7-10H2,1H3,(H,20,23)(H,21,24). The van der Waals surface area contributed by atoms with Gasteiger partial charge >= 0.3 is 0 Å². The quantitative estimate of drug-likeness (QED) is 0.804. The Balaban J connectivity index is 1.17. The minimum atomic E-state index is -0.0655. The van der Waals surface area contributed by atoms with Crippen molar-refractivity contribution in [3.63, 3.8) is 0 Å². The third-order valence-corrected chi connectivity index (χ3v) is 7.39. The Hall–Kier alpha value is -2.05. The van der Waals surface area contributed by atoms with Crippen LogP contribution in [0.15, 0.2) is 10.6 Å². The smallest absolute Gasteiger partial charge is 0.254 e. The molecule has 5 aliphatic carbocycles. The number of aromatic nitrogens is 1. The molecule has 2 N–H and O–H groups in total. The van der Waals surface area contributed by atoms with Crippen molar-refractivity contribution in [2.24, 2.45) is 16.7 Å². The molecule has 7 nitrogen and oxygen atoms in total. The van der Waals surface area contributed by atoms with Gasteiger partial charge in [-0.15, -0.1) is 0 Å². The van der Waals surface area contributed by atoms with Crippen molar-refractivity contribution in [1.29, 1.82) is 0 Å². The van der Waals surface area contributed by atoms with E-state index in [9.17, 15) is 9.59 Å². The van der Waals surface area contributed by atoms with Crippen molar-refractivity contribution >= 4 is 11.8 Å². The van der Waals surface area contributed by atoms with Crippen LogP contribution in [0.2, 0.25) is 0 Å². The van der Waals surface area contributed by atoms with Gasteiger partial charge in [0.25, 0.3) is 5.88 Å². The van der Waals surface area contributed by atoms with Crippen molar-refractivity contribution in [2.75, 3.05) is 7.11 Å². The van der Waals surface area contributed by atoms with Gasteiger partial charge in [-0.3, -0.25) is 9.59 Å². The van der Waals surface area contributed by atoms with E-state index in [4.69, 9.17) is 9.26 Å². The molecule has 2 bridgehead atoms. The molecule has 0 aliphatic heterocycles. The van der Waals surface area contributed by atoms with Crippen molar-refractivity contribution in [1.82, 2.24) is 15.8 Å². The first-order valence-corrected chi connectivity index (χ1v) is 9.63. The fourth-order valence-electron chi connectivity index (χ4n) is 5.42. The molecular formula is C19H25N3O4. The molecule has 140 valence electrons. The minimum absolute atomic E-state index is 0.0325. The van der Waals surface area contributed by atoms with Crippen LogP contribution in [0.4, 0.5) is 0 Å². The summed E-state index contributed by atoms with van der Waals surface area (Å²) in [4.78, 5) is 25.0. The highest BCUT2D eigenvalue weighted by atomic mass is 16.5. The van der Waals surface area contributed by atoms with E-state index < -0.39 is 0 Å². The van der Waals surface area contributed by atoms with Gasteiger partial charge in [-0.25, -0.2) is 0 Å². The fraction of sp³-hybridized carbons (Fsp3) is 0.737. The average Bonchev–Trinajstić information content (AvgIpc) is 2.88. The highest BCUT2D eigenvalue weighted by Gasteiger charge is 2.64. The molecule has 0 saturated heterocycles. The van der Waals surface area contributed by atoms with Crippen LogP contribution in [0, 0.1) is 16.7 Å². The van der Waals surface area contributed by atoms with Crippen molar-refractivity contribution in [3.8, 4) is 5.88 Å². The van der Waals surface area contributed by atoms with Gasteiger partial charge in [0, 0.05) is 29.0 Å². The van der Waals surface area contributed by atoms with Gasteiger partial charge in [-0.05, 0) is 49.6 Å². The molecule has 5 saturated carbocycles. The number of hydrogen-bond donors (Lipinski definition) is 2. The first-order chi connectivity index (χ1) is 12.5. The van der Waals surface area contributed by atoms with Crippen molar-refractivity contribution < 1.29 is 18.8 Å². The molecule has 5 aliphatic rings. The second-order valence-electron chi connectivity index (χ2n) is 8.74. The van der Waals surface area contributed by atoms with Gasteiger partial charge in [0.1, 0.15) is 5.76 Å². The molecule has 1 spiro atoms. The van der Waals surface area contributed by atoms with Crippen LogP contribution in [0.1, 0.15) is 50.7 Å². The summed E-state index contributed by atoms with van der Waals surface area (Å²) in [7, 11) is 1.51. The number of hydrogen-bond acceptors (Lipinski definition) is 5. The molecule has 5 fully saturated rings. The highest BCUT2D eigenvalue weighted by Crippen LogP contribution is 2.65. The van der Waals surface area contributed by atoms with Crippen molar-refractivity contribution in [2.45, 2.75) is 63.5 Å². The molecule has 1 aromatic heterocycles. The normalized spacial score (nSPS) is 35.3. The summed E-state index contributed by atoms with van der Waals surface area (Å²) in [5.41, 5.74) is 0.0310. The lowest BCUT2D eigenvalue weighted by Crippen LogP contribution is -2.73. The third kappa shape index (κ3) is 2.21. The summed E-state index contributed by atoms with van der Waals surface area (Å²) in [6.07, 6.45) is 7.56. The molecule has 0 radical (unpaired) electrons. The number of methoxy groups -OCH3 is 1. The molecule has 1 aromatic rings. The number of rotatable bonds is 6. The Kier molecular flexibility index (Phi) is 3.40. The lowest BCUT2D eigenvalue weighted by Gasteiger charge is -2.64. The van der Waals surface area contributed by atoms with Gasteiger partial charge in [0.05, 0.1) is 13.5 Å². The molecule has 1 heterocycles. The Bertz CT molecular complexity index is 737. The van der Waals surface area contributed by atoms with Crippen molar-refractivity contribution in [3.05, 3.63) is 11.8 Å². The van der Waals surface area contributed by atoms with Gasteiger partial charge < -0.3 is 19.9 Å². The zero-order chi connectivity index (χ0) is 17.9. The molecule has 2 unspecified atom stereocenters. The van der Waals surface area contributed by atoms with Gasteiger partial charge in [0.2, 0.25) is 11.8 Å². The number of amides is 2. The lowest BCUT2D eigenvalue weighted by atomic mass is 9.43. The van der Waals surface area contributed by atoms with E-state index in [1.807, 2.05) is 0 Å². The SMILES string of the molecule is COc1cc(CC(=O)NC2CC(NC(=O)C34CC(C3)C4)C23CCC3)on1. The fourth-order valence-corrected chi connectivity index (χ4v) is 5.42. The molecule has 6 rings (SSSR count). The minimum Gasteiger partial charge on any atom is -0.479 e. The van der Waals surface area contributed by atoms with Gasteiger partial charge in [-0.1, -0.05) is 6.42 Å². The number of nitrogens with zero attached hydrogens (tertiary/aromatic N) is 1. The average molecular weight is 359 g/mol. The second kappa shape index (κ2) is 5.47. The third-order valence-electron chi connectivity index (χ3n) is 7.39. The second-order valence-corrected chi connectivity index (χ2v) is 8.74. The Morgan fingerprint density at radius 2 is 2.00 bits per heavy atom. The topological polar surface area (TPSA) is 93.5 Å². The molecule has 2 atom stereocenters. The van der Waals surface area contributed by atoms with E-state index in [0.29, 0.717) is 11.6 Å². The predicted molar refractivity (Wildman–Crippen MR) is 91.3 cm³/mol. The largest absolute Gasteiger partial charge is 0.479 e. The molecule has 0 aromatic carbocycles. The molecule has 7 heteroatoms. The number of carbonyl (C=O) groups is 2. The summed E-state index contributed by atoms with van der Waals surface area (Å²) < 4.78 is 10.1. The van der Waals surface area contributed by atoms with Crippen LogP contribution in [-0.4, -0.2) is 36.2 Å². The lowest BCUT2D eigenvalue weighted by molar-refractivity contribution is -0.171. The van der Waals surface area contributed by atoms with Crippen LogP contribution in [0.3, 0.4) is 0 Å². The highest BCUT2D eigenvalue weighted by molar-refractivity contribution is 5.86. The van der Waals surface area contributed by atoms with Gasteiger partial charge in [0.15, 0.2) is 0 Å². The zero-order valence-corrected chi connectivity index (χ0v) is 15.0. The van der Waals surface area contributed by atoms with E-state index in [0.717, 1.165) is 44.4 Å². The summed E-state index contributed by atoms with van der Waals surface area (Å²) in [6.45, 7) is 0. The van der Waals surface area contributed by atoms with E-state index >= 15 is 0 Å². The molecular weight excluding hydrogens is 334 g/mol. The summed E-state index contributed by atoms with van der Waals surface area (Å²) in [5.74, 6) is 1.87. The van der Waals surface area contributed by atoms with Crippen LogP contribution >= 0.6 is 0 Å². The Morgan fingerprint density at radius 3 is 2.54 bits per heavy atom. The van der Waals surface area contributed by atoms with E-state index in [1.165, 1.54) is 13.5 Å². The van der Waals surface area contributed by atoms with Gasteiger partial charge in [-0.2, -0.15) is 0 Å². The maximum atomic E-state index is 12.6. The first kappa shape index (κ1) is 16.1. The maximum absolute atomic E-state index is 12.6. The molecule has 26 heavy (non-hydrogen) atoms. The summed E-state index contributed by atoms with van der Waals surface area (Å²) >= 11 is 0. The van der Waals surface area contributed by atoms with Crippen LogP contribution in [0.5, 0.6) is 5.88 Å². The van der Waals surface area contributed by atoms with Crippen LogP contribution in [-0.2, 0) is 16.0 Å². The Morgan fingerprint density at radius 1 is 1.27 bits per heavy atom. The summed E-state index contributed by atoms with van der Waals surface area (Å²) in [5, 5.41) is 10.2. The zero-order valence-electron chi connectivity index (χ0n) is 15.0. The number of carbonyl (C=O) groups excluding carboxylic acids is 2. The Labute approximate surface area is 152 Å². The monoisotopic (exact) mass is 359 g/mol. The van der Waals surface area contributed by atoms with E-state index in [1.54, 1.807) is 6.07 Å².